The maximum atomic E-state index is 14.5. The molecule has 0 aromatic carbocycles. The van der Waals surface area contributed by atoms with Crippen LogP contribution in [0.2, 0.25) is 0 Å². The molecule has 20 nitrogen and oxygen atoms in total. The summed E-state index contributed by atoms with van der Waals surface area (Å²) in [4.78, 5) is 100. The SMILES string of the molecule is CCC(=O)O[C@]1(C(=O)COCNC(=O)[C@H](C)NC(=O)[C@H](CCC(=O)O)NC(=O)CCOCCOCCOCCOCCNC(=O)CBr)[C@@H](C)CC2[C@@H]3CCC4=CC(=O)C=C[C@]4(C)[C@@]3(Cl)[C@@H](O)C[C@@]21C. The minimum Gasteiger partial charge on any atom is -0.481 e. The van der Waals surface area contributed by atoms with Gasteiger partial charge in [0.05, 0.1) is 69.2 Å². The smallest absolute Gasteiger partial charge is 0.306 e. The molecule has 1 unspecified atom stereocenters. The van der Waals surface area contributed by atoms with Crippen LogP contribution in [0.4, 0.5) is 0 Å². The summed E-state index contributed by atoms with van der Waals surface area (Å²) in [6, 6.07) is -2.46. The van der Waals surface area contributed by atoms with Crippen molar-refractivity contribution in [3.8, 4) is 0 Å². The van der Waals surface area contributed by atoms with Gasteiger partial charge >= 0.3 is 11.9 Å². The van der Waals surface area contributed by atoms with Crippen molar-refractivity contribution in [1.29, 1.82) is 0 Å². The first-order chi connectivity index (χ1) is 32.7. The molecule has 3 fully saturated rings. The molecule has 3 saturated carbocycles. The lowest BCUT2D eigenvalue weighted by atomic mass is 9.45. The predicted octanol–water partition coefficient (Wildman–Crippen LogP) is 2.05. The number of hydrogen-bond donors (Lipinski definition) is 6. The number of halogens is 2. The quantitative estimate of drug-likeness (QED) is 0.0260. The van der Waals surface area contributed by atoms with Gasteiger partial charge in [-0.3, -0.25) is 38.4 Å². The number of carbonyl (C=O) groups excluding carboxylic acids is 7. The third-order valence-electron chi connectivity index (χ3n) is 14.1. The van der Waals surface area contributed by atoms with Crippen molar-refractivity contribution in [2.75, 3.05) is 78.1 Å². The highest BCUT2D eigenvalue weighted by Gasteiger charge is 2.76. The molecule has 4 amide bonds. The van der Waals surface area contributed by atoms with Gasteiger partial charge in [-0.25, -0.2) is 0 Å². The molecule has 4 aliphatic rings. The normalized spacial score (nSPS) is 28.8. The Bertz CT molecular complexity index is 1920. The van der Waals surface area contributed by atoms with Gasteiger partial charge in [0.1, 0.15) is 25.4 Å². The molecule has 0 spiro atoms. The number of aliphatic hydroxyl groups excluding tert-OH is 1. The summed E-state index contributed by atoms with van der Waals surface area (Å²) in [5.41, 5.74) is -2.74. The fourth-order valence-electron chi connectivity index (χ4n) is 10.6. The zero-order chi connectivity index (χ0) is 51.0. The average Bonchev–Trinajstić information content (AvgIpc) is 3.52. The van der Waals surface area contributed by atoms with E-state index in [0.29, 0.717) is 58.8 Å². The van der Waals surface area contributed by atoms with Gasteiger partial charge in [0.2, 0.25) is 29.4 Å². The molecular weight excluding hydrogens is 992 g/mol. The fraction of sp³-hybridized carbons (Fsp3) is 0.745. The molecule has 0 aromatic rings. The number of ether oxygens (including phenoxy) is 6. The summed E-state index contributed by atoms with van der Waals surface area (Å²) in [7, 11) is 0. The number of carboxylic acid groups (broad SMARTS) is 1. The van der Waals surface area contributed by atoms with Crippen molar-refractivity contribution in [3.63, 3.8) is 0 Å². The van der Waals surface area contributed by atoms with Gasteiger partial charge in [-0.1, -0.05) is 55.3 Å². The van der Waals surface area contributed by atoms with Crippen LogP contribution < -0.4 is 21.3 Å². The predicted molar refractivity (Wildman–Crippen MR) is 252 cm³/mol. The molecule has 0 heterocycles. The third-order valence-corrected chi connectivity index (χ3v) is 15.5. The molecule has 0 aromatic heterocycles. The summed E-state index contributed by atoms with van der Waals surface area (Å²) in [6.07, 6.45) is 4.48. The summed E-state index contributed by atoms with van der Waals surface area (Å²) in [5.74, 6) is -5.75. The Labute approximate surface area is 416 Å². The van der Waals surface area contributed by atoms with Gasteiger partial charge in [0, 0.05) is 42.6 Å². The Morgan fingerprint density at radius 1 is 0.870 bits per heavy atom. The van der Waals surface area contributed by atoms with E-state index >= 15 is 0 Å². The summed E-state index contributed by atoms with van der Waals surface area (Å²) in [5, 5.41) is 31.7. The number of aliphatic carboxylic acids is 1. The third kappa shape index (κ3) is 14.0. The number of aliphatic hydroxyl groups is 1. The molecule has 6 N–H and O–H groups in total. The number of hydrogen-bond acceptors (Lipinski definition) is 15. The van der Waals surface area contributed by atoms with E-state index in [1.54, 1.807) is 19.1 Å². The molecule has 22 heteroatoms. The number of carboxylic acids is 1. The van der Waals surface area contributed by atoms with Crippen molar-refractivity contribution in [2.24, 2.45) is 28.6 Å². The lowest BCUT2D eigenvalue weighted by Gasteiger charge is -2.64. The van der Waals surface area contributed by atoms with Crippen LogP contribution in [-0.2, 0) is 66.8 Å². The lowest BCUT2D eigenvalue weighted by Crippen LogP contribution is -2.69. The maximum Gasteiger partial charge on any atom is 0.306 e. The Kier molecular flexibility index (Phi) is 22.2. The van der Waals surface area contributed by atoms with E-state index in [1.165, 1.54) is 13.0 Å². The van der Waals surface area contributed by atoms with Crippen LogP contribution in [0.5, 0.6) is 0 Å². The Morgan fingerprint density at radius 3 is 2.13 bits per heavy atom. The maximum absolute atomic E-state index is 14.5. The van der Waals surface area contributed by atoms with Crippen molar-refractivity contribution in [2.45, 2.75) is 115 Å². The molecule has 0 radical (unpaired) electrons. The summed E-state index contributed by atoms with van der Waals surface area (Å²) in [6.45, 7) is 10.1. The molecule has 10 atom stereocenters. The van der Waals surface area contributed by atoms with Crippen molar-refractivity contribution >= 4 is 74.7 Å². The number of rotatable bonds is 30. The molecule has 0 aliphatic heterocycles. The van der Waals surface area contributed by atoms with Crippen molar-refractivity contribution in [1.82, 2.24) is 21.3 Å². The van der Waals surface area contributed by atoms with E-state index in [1.807, 2.05) is 20.8 Å². The summed E-state index contributed by atoms with van der Waals surface area (Å²) < 4.78 is 33.5. The molecule has 69 heavy (non-hydrogen) atoms. The van der Waals surface area contributed by atoms with Gasteiger partial charge in [-0.15, -0.1) is 11.6 Å². The number of fused-ring (bicyclic) bond motifs is 5. The zero-order valence-corrected chi connectivity index (χ0v) is 42.5. The van der Waals surface area contributed by atoms with Crippen LogP contribution in [0.1, 0.15) is 86.0 Å². The second kappa shape index (κ2) is 26.6. The highest BCUT2D eigenvalue weighted by atomic mass is 79.9. The second-order valence-electron chi connectivity index (χ2n) is 18.4. The minimum atomic E-state index is -1.70. The standard InChI is InChI=1S/C47H70BrClN4O16/c1-6-41(61)69-47(29(2)23-34-33-8-7-31-24-32(54)11-13-44(31,4)46(33,49)36(55)25-45(34,47)5)37(56)27-68-28-51-42(62)30(3)52-43(63)35(9-10-40(59)60)53-38(57)12-15-64-17-19-66-21-22-67-20-18-65-16-14-50-39(58)26-48/h11,13,24,29-30,33-36,55H,6-10,12,14-23,25-28H2,1-5H3,(H,50,58)(H,51,62)(H,52,63)(H,53,57)(H,59,60)/t29-,30-,33-,34?,35-,36-,44-,45-,46-,47-/m0/s1. The van der Waals surface area contributed by atoms with E-state index in [2.05, 4.69) is 37.2 Å². The number of alkyl halides is 2. The Balaban J connectivity index is 1.23. The molecule has 0 saturated heterocycles. The molecule has 4 aliphatic carbocycles. The van der Waals surface area contributed by atoms with Crippen LogP contribution in [0, 0.1) is 28.6 Å². The average molecular weight is 1060 g/mol. The largest absolute Gasteiger partial charge is 0.481 e. The number of allylic oxidation sites excluding steroid dienone is 4. The van der Waals surface area contributed by atoms with Crippen molar-refractivity contribution in [3.05, 3.63) is 23.8 Å². The van der Waals surface area contributed by atoms with Gasteiger partial charge in [0.25, 0.3) is 0 Å². The number of Topliss-reactive ketones (excluding diaryl/α,β-unsaturated/α-hetero) is 1. The number of nitrogens with one attached hydrogen (secondary N) is 4. The second-order valence-corrected chi connectivity index (χ2v) is 19.6. The van der Waals surface area contributed by atoms with Gasteiger partial charge in [0.15, 0.2) is 11.4 Å². The monoisotopic (exact) mass is 1060 g/mol. The number of amides is 4. The first-order valence-corrected chi connectivity index (χ1v) is 25.1. The van der Waals surface area contributed by atoms with Crippen LogP contribution in [0.3, 0.4) is 0 Å². The first kappa shape index (κ1) is 57.7. The highest BCUT2D eigenvalue weighted by molar-refractivity contribution is 9.09. The van der Waals surface area contributed by atoms with E-state index < -0.39 is 101 Å². The zero-order valence-electron chi connectivity index (χ0n) is 40.2. The summed E-state index contributed by atoms with van der Waals surface area (Å²) >= 11 is 10.7. The topological polar surface area (TPSA) is 281 Å². The molecular formula is C47H70BrClN4O16. The molecule has 0 bridgehead atoms. The van der Waals surface area contributed by atoms with Gasteiger partial charge < -0.3 is 59.9 Å². The van der Waals surface area contributed by atoms with E-state index in [9.17, 15) is 48.6 Å². The molecule has 388 valence electrons. The first-order valence-electron chi connectivity index (χ1n) is 23.6. The van der Waals surface area contributed by atoms with Crippen LogP contribution in [-0.4, -0.2) is 164 Å². The minimum absolute atomic E-state index is 0.00853. The Hall–Kier alpha value is -3.83. The van der Waals surface area contributed by atoms with Crippen LogP contribution in [0.15, 0.2) is 23.8 Å². The van der Waals surface area contributed by atoms with Gasteiger partial charge in [-0.05, 0) is 63.0 Å². The van der Waals surface area contributed by atoms with Crippen molar-refractivity contribution < 1.29 is 77.0 Å². The van der Waals surface area contributed by atoms with Crippen LogP contribution in [0.25, 0.3) is 0 Å². The van der Waals surface area contributed by atoms with E-state index in [0.717, 1.165) is 5.57 Å². The van der Waals surface area contributed by atoms with Crippen LogP contribution >= 0.6 is 27.5 Å². The van der Waals surface area contributed by atoms with E-state index in [-0.39, 0.29) is 74.4 Å². The number of ketones is 2. The number of esters is 1. The van der Waals surface area contributed by atoms with Gasteiger partial charge in [-0.2, -0.15) is 0 Å². The highest BCUT2D eigenvalue weighted by Crippen LogP contribution is 2.72. The fourth-order valence-corrected chi connectivity index (χ4v) is 11.3. The lowest BCUT2D eigenvalue weighted by molar-refractivity contribution is -0.203. The number of carbonyl (C=O) groups is 8. The van der Waals surface area contributed by atoms with E-state index in [4.69, 9.17) is 40.0 Å². The Morgan fingerprint density at radius 2 is 1.51 bits per heavy atom. The molecule has 4 rings (SSSR count).